The Morgan fingerprint density at radius 3 is 1.32 bits per heavy atom. The number of para-hydroxylation sites is 2. The largest absolute Gasteiger partial charge is 0.456 e. The van der Waals surface area contributed by atoms with Crippen molar-refractivity contribution in [2.24, 2.45) is 0 Å². The maximum Gasteiger partial charge on any atom is 0.144 e. The third-order valence-corrected chi connectivity index (χ3v) is 22.6. The van der Waals surface area contributed by atoms with Crippen molar-refractivity contribution >= 4 is 60.9 Å². The quantitative estimate of drug-likeness (QED) is 0.177. The summed E-state index contributed by atoms with van der Waals surface area (Å²) >= 11 is 0. The molecule has 0 radical (unpaired) electrons. The Bertz CT molecular complexity index is 5530. The average Bonchev–Trinajstić information content (AvgIpc) is 1.53. The smallest absolute Gasteiger partial charge is 0.144 e. The van der Waals surface area contributed by atoms with E-state index in [1.54, 1.807) is 0 Å². The molecule has 0 unspecified atom stereocenters. The summed E-state index contributed by atoms with van der Waals surface area (Å²) in [5.74, 6) is 0. The van der Waals surface area contributed by atoms with Gasteiger partial charge in [0.05, 0.1) is 5.41 Å². The summed E-state index contributed by atoms with van der Waals surface area (Å²) in [6.45, 7) is 19.5. The fraction of sp³-hybridized carbons (Fsp3) is 0.153. The van der Waals surface area contributed by atoms with Gasteiger partial charge < -0.3 is 13.7 Å². The van der Waals surface area contributed by atoms with Crippen LogP contribution in [0, 0.1) is 0 Å². The van der Waals surface area contributed by atoms with Crippen LogP contribution in [-0.4, -0.2) is 0 Å². The minimum atomic E-state index is -0.505. The van der Waals surface area contributed by atoms with Gasteiger partial charge in [0.2, 0.25) is 0 Å². The van der Waals surface area contributed by atoms with Crippen molar-refractivity contribution < 1.29 is 8.83 Å². The molecule has 0 saturated carbocycles. The topological polar surface area (TPSA) is 29.5 Å². The first kappa shape index (κ1) is 49.2. The normalized spacial score (nSPS) is 16.6. The van der Waals surface area contributed by atoms with Gasteiger partial charge in [-0.1, -0.05) is 213 Å². The Kier molecular flexibility index (Phi) is 8.92. The van der Waals surface area contributed by atoms with Crippen molar-refractivity contribution in [2.45, 2.75) is 82.5 Å². The van der Waals surface area contributed by atoms with E-state index in [-0.39, 0.29) is 21.7 Å². The third-order valence-electron chi connectivity index (χ3n) is 22.6. The van der Waals surface area contributed by atoms with E-state index in [9.17, 15) is 0 Å². The molecule has 0 fully saturated rings. The molecule has 418 valence electrons. The Morgan fingerprint density at radius 1 is 0.261 bits per heavy atom. The lowest BCUT2D eigenvalue weighted by Gasteiger charge is -2.33. The lowest BCUT2D eigenvalue weighted by molar-refractivity contribution is 0.600. The number of benzene rings is 12. The Morgan fingerprint density at radius 2 is 0.682 bits per heavy atom. The fourth-order valence-corrected chi connectivity index (χ4v) is 18.7. The van der Waals surface area contributed by atoms with E-state index in [2.05, 4.69) is 285 Å². The highest BCUT2D eigenvalue weighted by Crippen LogP contribution is 2.67. The molecule has 88 heavy (non-hydrogen) atoms. The minimum absolute atomic E-state index is 0.210. The second kappa shape index (κ2) is 16.0. The minimum Gasteiger partial charge on any atom is -0.456 e. The molecule has 0 bridgehead atoms. The first-order valence-corrected chi connectivity index (χ1v) is 31.5. The van der Waals surface area contributed by atoms with Gasteiger partial charge in [-0.15, -0.1) is 0 Å². The van der Waals surface area contributed by atoms with Crippen molar-refractivity contribution in [1.29, 1.82) is 0 Å². The molecule has 0 saturated heterocycles. The Labute approximate surface area is 512 Å². The highest BCUT2D eigenvalue weighted by Gasteiger charge is 2.53. The lowest BCUT2D eigenvalue weighted by atomic mass is 9.70. The van der Waals surface area contributed by atoms with Crippen LogP contribution in [-0.2, 0) is 27.1 Å². The van der Waals surface area contributed by atoms with E-state index < -0.39 is 5.41 Å². The maximum atomic E-state index is 7.12. The van der Waals surface area contributed by atoms with Crippen LogP contribution in [0.1, 0.15) is 122 Å². The standard InChI is InChI=1S/C85H61NO2/c1-81(2)64-39-40-72-74(56-25-13-19-31-70(56)87-72)73(64)59-45-67-58(44-68(59)81)53-37-34-46(41-65(53)82(67,3)4)86(48-33-36-52-51-23-11-18-30-63(51)85(69(52)43-48)61-28-16-9-21-49(61)50-22-10-17-29-62(50)85)47-35-38-55-66(42-47)84(7,8)78-75(55)76-57-26-14-20-32-71(57)88-80(76)77-54-24-12-15-27-60(54)83(5,6)79(77)78/h9-45H,1-8H3. The van der Waals surface area contributed by atoms with Crippen LogP contribution in [0.15, 0.2) is 233 Å². The van der Waals surface area contributed by atoms with Crippen molar-refractivity contribution in [3.63, 3.8) is 0 Å². The molecule has 12 aromatic carbocycles. The number of hydrogen-bond donors (Lipinski definition) is 0. The van der Waals surface area contributed by atoms with Gasteiger partial charge in [-0.05, 0) is 195 Å². The molecule has 2 heterocycles. The zero-order valence-electron chi connectivity index (χ0n) is 50.6. The van der Waals surface area contributed by atoms with Crippen LogP contribution in [0.2, 0.25) is 0 Å². The summed E-state index contributed by atoms with van der Waals surface area (Å²) in [5, 5.41) is 4.78. The maximum absolute atomic E-state index is 7.12. The molecule has 20 rings (SSSR count). The van der Waals surface area contributed by atoms with Crippen LogP contribution in [0.25, 0.3) is 111 Å². The molecule has 6 aliphatic rings. The van der Waals surface area contributed by atoms with Crippen LogP contribution in [0.3, 0.4) is 0 Å². The monoisotopic (exact) mass is 1130 g/mol. The van der Waals surface area contributed by atoms with E-state index in [0.717, 1.165) is 39.4 Å². The first-order chi connectivity index (χ1) is 42.7. The van der Waals surface area contributed by atoms with Gasteiger partial charge in [0.15, 0.2) is 0 Å². The van der Waals surface area contributed by atoms with Gasteiger partial charge in [-0.25, -0.2) is 0 Å². The molecule has 0 amide bonds. The third kappa shape index (κ3) is 5.62. The van der Waals surface area contributed by atoms with E-state index >= 15 is 0 Å². The number of furan rings is 2. The predicted molar refractivity (Wildman–Crippen MR) is 362 cm³/mol. The second-order valence-electron chi connectivity index (χ2n) is 28.2. The van der Waals surface area contributed by atoms with Gasteiger partial charge >= 0.3 is 0 Å². The van der Waals surface area contributed by atoms with E-state index in [1.165, 1.54) is 155 Å². The Hall–Kier alpha value is -9.96. The van der Waals surface area contributed by atoms with E-state index in [1.807, 2.05) is 0 Å². The molecule has 0 aliphatic heterocycles. The number of fused-ring (bicyclic) bond motifs is 32. The van der Waals surface area contributed by atoms with Gasteiger partial charge in [0.1, 0.15) is 22.3 Å². The zero-order valence-corrected chi connectivity index (χ0v) is 50.6. The van der Waals surface area contributed by atoms with Crippen LogP contribution < -0.4 is 4.90 Å². The molecule has 3 nitrogen and oxygen atoms in total. The van der Waals surface area contributed by atoms with Crippen molar-refractivity contribution in [3.8, 4) is 66.8 Å². The number of rotatable bonds is 3. The summed E-state index contributed by atoms with van der Waals surface area (Å²) in [4.78, 5) is 2.59. The summed E-state index contributed by atoms with van der Waals surface area (Å²) < 4.78 is 13.7. The number of nitrogens with zero attached hydrogens (tertiary/aromatic N) is 1. The SMILES string of the molecule is CC1(C)c2cc(N(c3ccc4c(c3)C(C)(C)c3c5c(c6oc7ccccc7c6c3-4)-c3ccccc3C5(C)C)c3ccc4c(c3)C3(c5ccccc5-c5ccccc53)c3ccccc3-4)ccc2-c2cc3c(cc21)-c1c(ccc2oc4ccccc4c12)C3(C)C. The summed E-state index contributed by atoms with van der Waals surface area (Å²) in [5.41, 5.74) is 37.3. The zero-order chi connectivity index (χ0) is 58.9. The Balaban J connectivity index is 0.822. The van der Waals surface area contributed by atoms with E-state index in [4.69, 9.17) is 8.83 Å². The number of hydrogen-bond acceptors (Lipinski definition) is 3. The molecular weight excluding hydrogens is 1070 g/mol. The van der Waals surface area contributed by atoms with Gasteiger partial charge in [-0.3, -0.25) is 0 Å². The van der Waals surface area contributed by atoms with Gasteiger partial charge in [-0.2, -0.15) is 0 Å². The van der Waals surface area contributed by atoms with Gasteiger partial charge in [0.25, 0.3) is 0 Å². The van der Waals surface area contributed by atoms with Gasteiger partial charge in [0, 0.05) is 65.8 Å². The fourth-order valence-electron chi connectivity index (χ4n) is 18.7. The van der Waals surface area contributed by atoms with Crippen LogP contribution >= 0.6 is 0 Å². The number of anilines is 3. The molecule has 0 atom stereocenters. The average molecular weight is 1130 g/mol. The first-order valence-electron chi connectivity index (χ1n) is 31.5. The summed E-state index contributed by atoms with van der Waals surface area (Å²) in [7, 11) is 0. The molecule has 14 aromatic rings. The lowest BCUT2D eigenvalue weighted by Crippen LogP contribution is -2.26. The molecule has 6 aliphatic carbocycles. The second-order valence-corrected chi connectivity index (χ2v) is 28.2. The van der Waals surface area contributed by atoms with Crippen molar-refractivity contribution in [3.05, 3.63) is 291 Å². The van der Waals surface area contributed by atoms with Crippen LogP contribution in [0.5, 0.6) is 0 Å². The highest BCUT2D eigenvalue weighted by atomic mass is 16.3. The predicted octanol–water partition coefficient (Wildman–Crippen LogP) is 22.5. The molecular formula is C85H61NO2. The summed E-state index contributed by atoms with van der Waals surface area (Å²) in [6.07, 6.45) is 0. The summed E-state index contributed by atoms with van der Waals surface area (Å²) in [6, 6.07) is 85.6. The molecule has 1 spiro atoms. The van der Waals surface area contributed by atoms with Crippen LogP contribution in [0.4, 0.5) is 17.1 Å². The van der Waals surface area contributed by atoms with E-state index in [0.29, 0.717) is 0 Å². The highest BCUT2D eigenvalue weighted by molar-refractivity contribution is 6.21. The molecule has 3 heteroatoms. The molecule has 2 aromatic heterocycles. The van der Waals surface area contributed by atoms with Crippen molar-refractivity contribution in [2.75, 3.05) is 4.90 Å². The molecule has 0 N–H and O–H groups in total. The van der Waals surface area contributed by atoms with Crippen molar-refractivity contribution in [1.82, 2.24) is 0 Å².